The minimum atomic E-state index is -3.96. The summed E-state index contributed by atoms with van der Waals surface area (Å²) in [6.45, 7) is 4.76. The van der Waals surface area contributed by atoms with Crippen LogP contribution in [0.3, 0.4) is 0 Å². The molecule has 1 amide bonds. The first-order valence-electron chi connectivity index (χ1n) is 10.4. The molecule has 0 saturated carbocycles. The number of ether oxygens (including phenoxy) is 2. The predicted molar refractivity (Wildman–Crippen MR) is 135 cm³/mol. The fourth-order valence-electron chi connectivity index (χ4n) is 2.99. The van der Waals surface area contributed by atoms with Gasteiger partial charge in [-0.05, 0) is 73.1 Å². The summed E-state index contributed by atoms with van der Waals surface area (Å²) in [5.74, 6) is 0.904. The van der Waals surface area contributed by atoms with Crippen LogP contribution in [0.4, 0.5) is 0 Å². The second-order valence-electron chi connectivity index (χ2n) is 7.08. The number of carbonyl (C=O) groups excluding carboxylic acids is 1. The lowest BCUT2D eigenvalue weighted by atomic mass is 10.2. The minimum Gasteiger partial charge on any atom is -0.493 e. The topological polar surface area (TPSA) is 85.3 Å². The lowest BCUT2D eigenvalue weighted by Crippen LogP contribution is -2.29. The van der Waals surface area contributed by atoms with Gasteiger partial charge in [0, 0.05) is 11.0 Å². The van der Waals surface area contributed by atoms with Crippen molar-refractivity contribution in [3.8, 4) is 11.5 Å². The minimum absolute atomic E-state index is 0.0585. The van der Waals surface area contributed by atoms with Crippen molar-refractivity contribution in [2.24, 2.45) is 4.40 Å². The summed E-state index contributed by atoms with van der Waals surface area (Å²) in [6, 6.07) is 11.6. The Morgan fingerprint density at radius 3 is 2.48 bits per heavy atom. The van der Waals surface area contributed by atoms with Crippen molar-refractivity contribution in [2.75, 3.05) is 20.3 Å². The zero-order valence-corrected chi connectivity index (χ0v) is 21.8. The van der Waals surface area contributed by atoms with E-state index < -0.39 is 10.0 Å². The first-order chi connectivity index (χ1) is 15.8. The zero-order valence-electron chi connectivity index (χ0n) is 18.6. The number of hydrogen-bond donors (Lipinski definition) is 0. The quantitative estimate of drug-likeness (QED) is 0.309. The van der Waals surface area contributed by atoms with E-state index in [1.54, 1.807) is 44.4 Å². The van der Waals surface area contributed by atoms with Gasteiger partial charge in [0.05, 0.1) is 23.5 Å². The number of amides is 1. The van der Waals surface area contributed by atoms with Crippen molar-refractivity contribution in [3.63, 3.8) is 0 Å². The van der Waals surface area contributed by atoms with Crippen molar-refractivity contribution in [2.45, 2.75) is 31.6 Å². The number of sulfonamides is 1. The van der Waals surface area contributed by atoms with Gasteiger partial charge < -0.3 is 9.47 Å². The van der Waals surface area contributed by atoms with Crippen LogP contribution in [0.15, 0.2) is 61.1 Å². The summed E-state index contributed by atoms with van der Waals surface area (Å²) in [5, 5.41) is 0.128. The molecule has 1 fully saturated rings. The van der Waals surface area contributed by atoms with Crippen LogP contribution in [-0.2, 0) is 14.8 Å². The highest BCUT2D eigenvalue weighted by atomic mass is 79.9. The van der Waals surface area contributed by atoms with E-state index in [2.05, 4.69) is 27.3 Å². The molecule has 0 N–H and O–H groups in total. The van der Waals surface area contributed by atoms with Gasteiger partial charge in [-0.3, -0.25) is 9.69 Å². The van der Waals surface area contributed by atoms with Gasteiger partial charge in [-0.15, -0.1) is 4.40 Å². The van der Waals surface area contributed by atoms with E-state index >= 15 is 0 Å². The standard InChI is InChI=1S/C23H25BrN2O5S2/c1-4-6-13-31-19-12-7-16(14-20(19)30-3)15-21-22(27)26(5-2)23(32-21)25-33(28,29)18-10-8-17(24)9-11-18/h7-12,14-15H,4-6,13H2,1-3H3. The third kappa shape index (κ3) is 6.18. The number of rotatable bonds is 9. The molecule has 33 heavy (non-hydrogen) atoms. The molecule has 0 atom stereocenters. The first kappa shape index (κ1) is 25.3. The summed E-state index contributed by atoms with van der Waals surface area (Å²) < 4.78 is 41.4. The van der Waals surface area contributed by atoms with Crippen LogP contribution in [0.25, 0.3) is 6.08 Å². The third-order valence-electron chi connectivity index (χ3n) is 4.75. The van der Waals surface area contributed by atoms with E-state index in [9.17, 15) is 13.2 Å². The SMILES string of the molecule is CCCCOc1ccc(C=C2SC(=NS(=O)(=O)c3ccc(Br)cc3)N(CC)C2=O)cc1OC. The number of nitrogens with zero attached hydrogens (tertiary/aromatic N) is 2. The largest absolute Gasteiger partial charge is 0.493 e. The normalized spacial score (nSPS) is 16.6. The lowest BCUT2D eigenvalue weighted by molar-refractivity contribution is -0.122. The predicted octanol–water partition coefficient (Wildman–Crippen LogP) is 5.32. The second-order valence-corrected chi connectivity index (χ2v) is 10.6. The molecule has 0 aliphatic carbocycles. The van der Waals surface area contributed by atoms with E-state index in [4.69, 9.17) is 9.47 Å². The number of thioether (sulfide) groups is 1. The number of benzene rings is 2. The number of amidine groups is 1. The van der Waals surface area contributed by atoms with Crippen molar-refractivity contribution in [1.82, 2.24) is 4.90 Å². The summed E-state index contributed by atoms with van der Waals surface area (Å²) in [4.78, 5) is 14.7. The van der Waals surface area contributed by atoms with Crippen LogP contribution in [0.2, 0.25) is 0 Å². The van der Waals surface area contributed by atoms with Crippen LogP contribution in [0.5, 0.6) is 11.5 Å². The Bertz CT molecular complexity index is 1180. The maximum absolute atomic E-state index is 12.9. The second kappa shape index (κ2) is 11.2. The maximum Gasteiger partial charge on any atom is 0.284 e. The fourth-order valence-corrected chi connectivity index (χ4v) is 5.50. The summed E-state index contributed by atoms with van der Waals surface area (Å²) in [7, 11) is -2.40. The number of halogens is 1. The molecular formula is C23H25BrN2O5S2. The molecule has 1 saturated heterocycles. The molecule has 2 aromatic carbocycles. The van der Waals surface area contributed by atoms with Crippen LogP contribution in [0.1, 0.15) is 32.3 Å². The first-order valence-corrected chi connectivity index (χ1v) is 13.5. The van der Waals surface area contributed by atoms with E-state index in [0.29, 0.717) is 29.6 Å². The Labute approximate surface area is 207 Å². The summed E-state index contributed by atoms with van der Waals surface area (Å²) in [5.41, 5.74) is 0.735. The van der Waals surface area contributed by atoms with Crippen LogP contribution in [-0.4, -0.2) is 44.7 Å². The van der Waals surface area contributed by atoms with Gasteiger partial charge in [-0.25, -0.2) is 0 Å². The third-order valence-corrected chi connectivity index (χ3v) is 7.69. The molecule has 7 nitrogen and oxygen atoms in total. The van der Waals surface area contributed by atoms with Gasteiger partial charge in [0.1, 0.15) is 0 Å². The van der Waals surface area contributed by atoms with Gasteiger partial charge in [0.2, 0.25) is 0 Å². The van der Waals surface area contributed by atoms with Crippen molar-refractivity contribution >= 4 is 54.9 Å². The molecule has 0 aromatic heterocycles. The van der Waals surface area contributed by atoms with Gasteiger partial charge >= 0.3 is 0 Å². The lowest BCUT2D eigenvalue weighted by Gasteiger charge is -2.12. The summed E-state index contributed by atoms with van der Waals surface area (Å²) in [6.07, 6.45) is 3.67. The van der Waals surface area contributed by atoms with E-state index in [1.807, 2.05) is 6.07 Å². The van der Waals surface area contributed by atoms with Gasteiger partial charge in [0.15, 0.2) is 16.7 Å². The number of likely N-dealkylation sites (N-methyl/N-ethyl adjacent to an activating group) is 1. The molecule has 0 spiro atoms. The van der Waals surface area contributed by atoms with Crippen LogP contribution in [0, 0.1) is 0 Å². The van der Waals surface area contributed by atoms with Crippen molar-refractivity contribution in [3.05, 3.63) is 57.4 Å². The van der Waals surface area contributed by atoms with Crippen molar-refractivity contribution in [1.29, 1.82) is 0 Å². The smallest absolute Gasteiger partial charge is 0.284 e. The monoisotopic (exact) mass is 552 g/mol. The van der Waals surface area contributed by atoms with Gasteiger partial charge in [-0.1, -0.05) is 35.3 Å². The summed E-state index contributed by atoms with van der Waals surface area (Å²) >= 11 is 4.32. The molecule has 0 bridgehead atoms. The number of methoxy groups -OCH3 is 1. The molecule has 1 aliphatic rings. The molecule has 0 unspecified atom stereocenters. The van der Waals surface area contributed by atoms with Gasteiger partial charge in [0.25, 0.3) is 15.9 Å². The average molecular weight is 554 g/mol. The Balaban J connectivity index is 1.89. The Kier molecular flexibility index (Phi) is 8.61. The molecule has 176 valence electrons. The fraction of sp³-hybridized carbons (Fsp3) is 0.304. The molecule has 2 aromatic rings. The highest BCUT2D eigenvalue weighted by molar-refractivity contribution is 9.10. The van der Waals surface area contributed by atoms with Crippen molar-refractivity contribution < 1.29 is 22.7 Å². The van der Waals surface area contributed by atoms with E-state index in [-0.39, 0.29) is 16.0 Å². The highest BCUT2D eigenvalue weighted by Gasteiger charge is 2.34. The Morgan fingerprint density at radius 2 is 1.85 bits per heavy atom. The zero-order chi connectivity index (χ0) is 24.0. The highest BCUT2D eigenvalue weighted by Crippen LogP contribution is 2.35. The Hall–Kier alpha value is -2.30. The number of unbranched alkanes of at least 4 members (excludes halogenated alkanes) is 1. The Morgan fingerprint density at radius 1 is 1.12 bits per heavy atom. The molecule has 3 rings (SSSR count). The van der Waals surface area contributed by atoms with Gasteiger partial charge in [-0.2, -0.15) is 8.42 Å². The van der Waals surface area contributed by atoms with Crippen LogP contribution >= 0.6 is 27.7 Å². The molecular weight excluding hydrogens is 528 g/mol. The van der Waals surface area contributed by atoms with E-state index in [1.165, 1.54) is 17.0 Å². The average Bonchev–Trinajstić information content (AvgIpc) is 3.08. The molecule has 1 heterocycles. The molecule has 0 radical (unpaired) electrons. The maximum atomic E-state index is 12.9. The number of hydrogen-bond acceptors (Lipinski definition) is 6. The van der Waals surface area contributed by atoms with Crippen LogP contribution < -0.4 is 9.47 Å². The molecule has 1 aliphatic heterocycles. The molecule has 10 heteroatoms. The number of carbonyl (C=O) groups is 1. The van der Waals surface area contributed by atoms with E-state index in [0.717, 1.165) is 34.6 Å².